The van der Waals surface area contributed by atoms with Gasteiger partial charge in [0, 0.05) is 56.4 Å². The highest BCUT2D eigenvalue weighted by atomic mass is 16.5. The first-order chi connectivity index (χ1) is 10.8. The molecule has 3 rings (SSSR count). The summed E-state index contributed by atoms with van der Waals surface area (Å²) in [5, 5.41) is 0. The van der Waals surface area contributed by atoms with Crippen molar-refractivity contribution in [3.63, 3.8) is 0 Å². The van der Waals surface area contributed by atoms with E-state index in [4.69, 9.17) is 4.74 Å². The fraction of sp³-hybridized carbons (Fsp3) is 0.412. The summed E-state index contributed by atoms with van der Waals surface area (Å²) in [6.45, 7) is 5.23. The normalized spacial score (nSPS) is 16.3. The van der Waals surface area contributed by atoms with E-state index in [0.29, 0.717) is 6.01 Å². The van der Waals surface area contributed by atoms with Crippen LogP contribution in [0.3, 0.4) is 0 Å². The van der Waals surface area contributed by atoms with Crippen LogP contribution in [0.15, 0.2) is 42.7 Å². The van der Waals surface area contributed by atoms with Gasteiger partial charge < -0.3 is 9.64 Å². The molecule has 0 unspecified atom stereocenters. The van der Waals surface area contributed by atoms with E-state index in [9.17, 15) is 0 Å². The fourth-order valence-electron chi connectivity index (χ4n) is 2.81. The zero-order valence-corrected chi connectivity index (χ0v) is 13.0. The van der Waals surface area contributed by atoms with Crippen molar-refractivity contribution in [2.24, 2.45) is 0 Å². The van der Waals surface area contributed by atoms with Gasteiger partial charge in [-0.25, -0.2) is 9.97 Å². The van der Waals surface area contributed by atoms with Gasteiger partial charge in [-0.2, -0.15) is 0 Å². The zero-order chi connectivity index (χ0) is 15.2. The third-order valence-corrected chi connectivity index (χ3v) is 3.98. The molecule has 0 aliphatic carbocycles. The molecular weight excluding hydrogens is 276 g/mol. The Balaban J connectivity index is 1.58. The first kappa shape index (κ1) is 14.8. The molecule has 0 amide bonds. The summed E-state index contributed by atoms with van der Waals surface area (Å²) in [6.07, 6.45) is 4.88. The van der Waals surface area contributed by atoms with E-state index < -0.39 is 0 Å². The number of para-hydroxylation sites is 1. The number of benzene rings is 1. The molecule has 1 aromatic heterocycles. The summed E-state index contributed by atoms with van der Waals surface area (Å²) in [4.78, 5) is 13.3. The number of anilines is 1. The van der Waals surface area contributed by atoms with Crippen LogP contribution < -0.4 is 9.64 Å². The first-order valence-electron chi connectivity index (χ1n) is 7.72. The van der Waals surface area contributed by atoms with Crippen LogP contribution >= 0.6 is 0 Å². The number of hydrogen-bond acceptors (Lipinski definition) is 5. The Morgan fingerprint density at radius 1 is 1.00 bits per heavy atom. The lowest BCUT2D eigenvalue weighted by atomic mass is 10.3. The molecule has 116 valence electrons. The Hall–Kier alpha value is -2.14. The lowest BCUT2D eigenvalue weighted by molar-refractivity contribution is 0.284. The highest BCUT2D eigenvalue weighted by molar-refractivity contribution is 5.46. The monoisotopic (exact) mass is 298 g/mol. The molecule has 0 bridgehead atoms. The minimum Gasteiger partial charge on any atom is -0.467 e. The summed E-state index contributed by atoms with van der Waals surface area (Å²) in [7, 11) is 1.59. The Labute approximate surface area is 131 Å². The lowest BCUT2D eigenvalue weighted by Crippen LogP contribution is -2.30. The topological polar surface area (TPSA) is 41.5 Å². The molecule has 0 atom stereocenters. The van der Waals surface area contributed by atoms with Crippen molar-refractivity contribution in [3.05, 3.63) is 48.3 Å². The Morgan fingerprint density at radius 2 is 1.77 bits per heavy atom. The van der Waals surface area contributed by atoms with E-state index in [1.807, 2.05) is 12.4 Å². The second-order valence-electron chi connectivity index (χ2n) is 5.53. The maximum atomic E-state index is 5.00. The lowest BCUT2D eigenvalue weighted by Gasteiger charge is -2.23. The van der Waals surface area contributed by atoms with Gasteiger partial charge in [0.05, 0.1) is 7.11 Å². The molecule has 0 radical (unpaired) electrons. The fourth-order valence-corrected chi connectivity index (χ4v) is 2.81. The average molecular weight is 298 g/mol. The first-order valence-corrected chi connectivity index (χ1v) is 7.72. The van der Waals surface area contributed by atoms with Crippen molar-refractivity contribution in [1.82, 2.24) is 14.9 Å². The standard InChI is InChI=1S/C17H22N4O/c1-22-17-18-12-15(13-19-17)14-20-8-5-9-21(11-10-20)16-6-3-2-4-7-16/h2-4,6-7,12-13H,5,8-11,14H2,1H3. The van der Waals surface area contributed by atoms with E-state index in [2.05, 4.69) is 50.1 Å². The molecular formula is C17H22N4O. The third-order valence-electron chi connectivity index (χ3n) is 3.98. The van der Waals surface area contributed by atoms with Gasteiger partial charge in [0.2, 0.25) is 0 Å². The number of methoxy groups -OCH3 is 1. The minimum absolute atomic E-state index is 0.426. The van der Waals surface area contributed by atoms with E-state index in [-0.39, 0.29) is 0 Å². The molecule has 1 aliphatic rings. The van der Waals surface area contributed by atoms with Crippen molar-refractivity contribution in [1.29, 1.82) is 0 Å². The van der Waals surface area contributed by atoms with Gasteiger partial charge in [-0.05, 0) is 18.6 Å². The van der Waals surface area contributed by atoms with Crippen LogP contribution in [0, 0.1) is 0 Å². The quantitative estimate of drug-likeness (QED) is 0.865. The van der Waals surface area contributed by atoms with Gasteiger partial charge in [-0.1, -0.05) is 18.2 Å². The van der Waals surface area contributed by atoms with E-state index in [1.165, 1.54) is 12.1 Å². The van der Waals surface area contributed by atoms with Gasteiger partial charge in [-0.15, -0.1) is 0 Å². The largest absolute Gasteiger partial charge is 0.467 e. The van der Waals surface area contributed by atoms with Crippen LogP contribution in [0.5, 0.6) is 6.01 Å². The van der Waals surface area contributed by atoms with Crippen molar-refractivity contribution < 1.29 is 4.74 Å². The molecule has 2 heterocycles. The van der Waals surface area contributed by atoms with Crippen LogP contribution in [0.4, 0.5) is 5.69 Å². The second kappa shape index (κ2) is 7.22. The summed E-state index contributed by atoms with van der Waals surface area (Å²) < 4.78 is 5.00. The minimum atomic E-state index is 0.426. The Bertz CT molecular complexity index is 573. The molecule has 0 spiro atoms. The smallest absolute Gasteiger partial charge is 0.316 e. The number of aromatic nitrogens is 2. The summed E-state index contributed by atoms with van der Waals surface area (Å²) in [5.74, 6) is 0. The highest BCUT2D eigenvalue weighted by Crippen LogP contribution is 2.16. The van der Waals surface area contributed by atoms with Crippen molar-refractivity contribution >= 4 is 5.69 Å². The van der Waals surface area contributed by atoms with Crippen LogP contribution in [0.25, 0.3) is 0 Å². The Morgan fingerprint density at radius 3 is 2.50 bits per heavy atom. The second-order valence-corrected chi connectivity index (χ2v) is 5.53. The number of rotatable bonds is 4. The molecule has 1 saturated heterocycles. The summed E-state index contributed by atoms with van der Waals surface area (Å²) in [5.41, 5.74) is 2.45. The number of hydrogen-bond donors (Lipinski definition) is 0. The van der Waals surface area contributed by atoms with Crippen molar-refractivity contribution in [2.75, 3.05) is 38.2 Å². The molecule has 5 nitrogen and oxygen atoms in total. The Kier molecular flexibility index (Phi) is 4.85. The van der Waals surface area contributed by atoms with Crippen LogP contribution in [-0.4, -0.2) is 48.2 Å². The van der Waals surface area contributed by atoms with Gasteiger partial charge in [0.25, 0.3) is 0 Å². The van der Waals surface area contributed by atoms with Crippen LogP contribution in [0.1, 0.15) is 12.0 Å². The highest BCUT2D eigenvalue weighted by Gasteiger charge is 2.15. The number of ether oxygens (including phenoxy) is 1. The maximum Gasteiger partial charge on any atom is 0.316 e. The van der Waals surface area contributed by atoms with E-state index in [0.717, 1.165) is 38.3 Å². The molecule has 22 heavy (non-hydrogen) atoms. The molecule has 1 aromatic carbocycles. The predicted octanol–water partition coefficient (Wildman–Crippen LogP) is 2.20. The third kappa shape index (κ3) is 3.74. The summed E-state index contributed by atoms with van der Waals surface area (Å²) in [6, 6.07) is 11.1. The van der Waals surface area contributed by atoms with Gasteiger partial charge in [0.15, 0.2) is 0 Å². The van der Waals surface area contributed by atoms with Crippen molar-refractivity contribution in [2.45, 2.75) is 13.0 Å². The SMILES string of the molecule is COc1ncc(CN2CCCN(c3ccccc3)CC2)cn1. The average Bonchev–Trinajstić information content (AvgIpc) is 2.82. The molecule has 1 aliphatic heterocycles. The molecule has 0 N–H and O–H groups in total. The number of nitrogens with zero attached hydrogens (tertiary/aromatic N) is 4. The zero-order valence-electron chi connectivity index (χ0n) is 13.0. The molecule has 5 heteroatoms. The molecule has 0 saturated carbocycles. The van der Waals surface area contributed by atoms with E-state index >= 15 is 0 Å². The van der Waals surface area contributed by atoms with Gasteiger partial charge >= 0.3 is 6.01 Å². The van der Waals surface area contributed by atoms with Gasteiger partial charge in [-0.3, -0.25) is 4.90 Å². The van der Waals surface area contributed by atoms with E-state index in [1.54, 1.807) is 7.11 Å². The maximum absolute atomic E-state index is 5.00. The van der Waals surface area contributed by atoms with Crippen LogP contribution in [0.2, 0.25) is 0 Å². The van der Waals surface area contributed by atoms with Crippen LogP contribution in [-0.2, 0) is 6.54 Å². The van der Waals surface area contributed by atoms with Crippen molar-refractivity contribution in [3.8, 4) is 6.01 Å². The predicted molar refractivity (Wildman–Crippen MR) is 87.1 cm³/mol. The van der Waals surface area contributed by atoms with Gasteiger partial charge in [0.1, 0.15) is 0 Å². The summed E-state index contributed by atoms with van der Waals surface area (Å²) >= 11 is 0. The molecule has 1 fully saturated rings. The molecule has 2 aromatic rings.